The van der Waals surface area contributed by atoms with Crippen molar-refractivity contribution in [3.8, 4) is 0 Å². The standard InChI is InChI=1S/C11H25N3O2/c1-4-9(8-15)13-7-5-6-11(2,3)10(12)14-16/h9,13,15-16H,4-8H2,1-3H3,(H2,12,14). The number of nitrogens with one attached hydrogen (secondary N) is 1. The molecule has 0 bridgehead atoms. The van der Waals surface area contributed by atoms with Crippen molar-refractivity contribution in [2.45, 2.75) is 46.1 Å². The van der Waals surface area contributed by atoms with E-state index < -0.39 is 0 Å². The highest BCUT2D eigenvalue weighted by molar-refractivity contribution is 5.85. The number of oxime groups is 1. The van der Waals surface area contributed by atoms with E-state index >= 15 is 0 Å². The number of rotatable bonds is 8. The molecule has 0 amide bonds. The van der Waals surface area contributed by atoms with Crippen molar-refractivity contribution in [3.63, 3.8) is 0 Å². The molecule has 0 radical (unpaired) electrons. The van der Waals surface area contributed by atoms with E-state index in [0.29, 0.717) is 0 Å². The zero-order valence-corrected chi connectivity index (χ0v) is 10.5. The largest absolute Gasteiger partial charge is 0.409 e. The summed E-state index contributed by atoms with van der Waals surface area (Å²) >= 11 is 0. The minimum absolute atomic E-state index is 0.167. The molecule has 0 spiro atoms. The van der Waals surface area contributed by atoms with Gasteiger partial charge < -0.3 is 21.4 Å². The van der Waals surface area contributed by atoms with Crippen LogP contribution in [-0.2, 0) is 0 Å². The van der Waals surface area contributed by atoms with Crippen LogP contribution in [0.2, 0.25) is 0 Å². The molecule has 0 rings (SSSR count). The number of hydrogen-bond donors (Lipinski definition) is 4. The summed E-state index contributed by atoms with van der Waals surface area (Å²) in [7, 11) is 0. The lowest BCUT2D eigenvalue weighted by atomic mass is 9.86. The average Bonchev–Trinajstić information content (AvgIpc) is 2.28. The smallest absolute Gasteiger partial charge is 0.144 e. The summed E-state index contributed by atoms with van der Waals surface area (Å²) in [5, 5.41) is 23.9. The summed E-state index contributed by atoms with van der Waals surface area (Å²) in [6.07, 6.45) is 2.69. The van der Waals surface area contributed by atoms with Crippen molar-refractivity contribution < 1.29 is 10.3 Å². The van der Waals surface area contributed by atoms with Gasteiger partial charge in [0.2, 0.25) is 0 Å². The third-order valence-corrected chi connectivity index (χ3v) is 2.93. The van der Waals surface area contributed by atoms with Gasteiger partial charge in [0.25, 0.3) is 0 Å². The van der Waals surface area contributed by atoms with Crippen LogP contribution in [-0.4, -0.2) is 35.3 Å². The van der Waals surface area contributed by atoms with Gasteiger partial charge in [0.05, 0.1) is 6.61 Å². The Labute approximate surface area is 97.7 Å². The van der Waals surface area contributed by atoms with E-state index in [1.807, 2.05) is 20.8 Å². The zero-order valence-electron chi connectivity index (χ0n) is 10.5. The minimum Gasteiger partial charge on any atom is -0.409 e. The Morgan fingerprint density at radius 2 is 2.12 bits per heavy atom. The molecule has 0 heterocycles. The normalized spacial score (nSPS) is 15.1. The number of amidine groups is 1. The molecule has 1 unspecified atom stereocenters. The van der Waals surface area contributed by atoms with Gasteiger partial charge >= 0.3 is 0 Å². The molecule has 1 atom stereocenters. The summed E-state index contributed by atoms with van der Waals surface area (Å²) in [6.45, 7) is 6.94. The van der Waals surface area contributed by atoms with Crippen molar-refractivity contribution in [2.24, 2.45) is 16.3 Å². The molecule has 0 aromatic carbocycles. The fourth-order valence-corrected chi connectivity index (χ4v) is 1.44. The van der Waals surface area contributed by atoms with E-state index in [1.165, 1.54) is 0 Å². The number of aliphatic hydroxyl groups is 1. The van der Waals surface area contributed by atoms with Crippen molar-refractivity contribution in [3.05, 3.63) is 0 Å². The SMILES string of the molecule is CCC(CO)NCCCC(C)(C)C(N)=NO. The summed E-state index contributed by atoms with van der Waals surface area (Å²) in [4.78, 5) is 0. The van der Waals surface area contributed by atoms with E-state index in [1.54, 1.807) is 0 Å². The van der Waals surface area contributed by atoms with Crippen LogP contribution in [0.25, 0.3) is 0 Å². The Morgan fingerprint density at radius 1 is 1.50 bits per heavy atom. The molecule has 16 heavy (non-hydrogen) atoms. The average molecular weight is 231 g/mol. The van der Waals surface area contributed by atoms with Crippen molar-refractivity contribution in [1.29, 1.82) is 0 Å². The maximum absolute atomic E-state index is 8.98. The molecule has 0 aromatic heterocycles. The Morgan fingerprint density at radius 3 is 2.56 bits per heavy atom. The molecule has 0 aliphatic rings. The predicted octanol–water partition coefficient (Wildman–Crippen LogP) is 0.900. The van der Waals surface area contributed by atoms with Crippen molar-refractivity contribution in [1.82, 2.24) is 5.32 Å². The second kappa shape index (κ2) is 7.46. The van der Waals surface area contributed by atoms with Gasteiger partial charge in [0.15, 0.2) is 0 Å². The summed E-state index contributed by atoms with van der Waals surface area (Å²) in [5.74, 6) is 0.265. The highest BCUT2D eigenvalue weighted by atomic mass is 16.4. The van der Waals surface area contributed by atoms with Crippen LogP contribution < -0.4 is 11.1 Å². The van der Waals surface area contributed by atoms with Gasteiger partial charge in [-0.15, -0.1) is 0 Å². The topological polar surface area (TPSA) is 90.9 Å². The maximum atomic E-state index is 8.98. The molecular formula is C11H25N3O2. The van der Waals surface area contributed by atoms with Crippen LogP contribution in [0.5, 0.6) is 0 Å². The lowest BCUT2D eigenvalue weighted by Crippen LogP contribution is -2.35. The fourth-order valence-electron chi connectivity index (χ4n) is 1.44. The second-order valence-corrected chi connectivity index (χ2v) is 4.71. The van der Waals surface area contributed by atoms with Gasteiger partial charge in [-0.2, -0.15) is 0 Å². The maximum Gasteiger partial charge on any atom is 0.144 e. The third kappa shape index (κ3) is 5.32. The number of aliphatic hydroxyl groups excluding tert-OH is 1. The van der Waals surface area contributed by atoms with Gasteiger partial charge in [-0.1, -0.05) is 25.9 Å². The van der Waals surface area contributed by atoms with Crippen LogP contribution in [0.1, 0.15) is 40.0 Å². The summed E-state index contributed by atoms with van der Waals surface area (Å²) in [6, 6.07) is 0.173. The molecule has 0 aliphatic heterocycles. The Balaban J connectivity index is 3.81. The van der Waals surface area contributed by atoms with Gasteiger partial charge in [-0.25, -0.2) is 0 Å². The van der Waals surface area contributed by atoms with Crippen molar-refractivity contribution >= 4 is 5.84 Å². The summed E-state index contributed by atoms with van der Waals surface area (Å²) < 4.78 is 0. The Bertz CT molecular complexity index is 213. The van der Waals surface area contributed by atoms with Gasteiger partial charge in [0, 0.05) is 11.5 Å². The van der Waals surface area contributed by atoms with Crippen LogP contribution >= 0.6 is 0 Å². The quantitative estimate of drug-likeness (QED) is 0.164. The molecule has 0 aromatic rings. The second-order valence-electron chi connectivity index (χ2n) is 4.71. The molecule has 0 aliphatic carbocycles. The minimum atomic E-state index is -0.280. The first-order valence-electron chi connectivity index (χ1n) is 5.80. The molecule has 5 nitrogen and oxygen atoms in total. The molecule has 5 N–H and O–H groups in total. The highest BCUT2D eigenvalue weighted by Gasteiger charge is 2.22. The first kappa shape index (κ1) is 15.2. The van der Waals surface area contributed by atoms with E-state index in [-0.39, 0.29) is 23.9 Å². The molecule has 5 heteroatoms. The first-order valence-corrected chi connectivity index (χ1v) is 5.80. The van der Waals surface area contributed by atoms with Crippen LogP contribution in [0.4, 0.5) is 0 Å². The summed E-state index contributed by atoms with van der Waals surface area (Å²) in [5.41, 5.74) is 5.30. The monoisotopic (exact) mass is 231 g/mol. The van der Waals surface area contributed by atoms with Gasteiger partial charge in [-0.3, -0.25) is 0 Å². The Hall–Kier alpha value is -0.810. The van der Waals surface area contributed by atoms with E-state index in [2.05, 4.69) is 10.5 Å². The van der Waals surface area contributed by atoms with Crippen molar-refractivity contribution in [2.75, 3.05) is 13.2 Å². The van der Waals surface area contributed by atoms with Crippen LogP contribution in [0, 0.1) is 5.41 Å². The molecule has 0 saturated heterocycles. The van der Waals surface area contributed by atoms with Crippen LogP contribution in [0.3, 0.4) is 0 Å². The van der Waals surface area contributed by atoms with E-state index in [9.17, 15) is 0 Å². The van der Waals surface area contributed by atoms with Gasteiger partial charge in [0.1, 0.15) is 5.84 Å². The number of hydrogen-bond acceptors (Lipinski definition) is 4. The highest BCUT2D eigenvalue weighted by Crippen LogP contribution is 2.21. The predicted molar refractivity (Wildman–Crippen MR) is 65.6 cm³/mol. The molecular weight excluding hydrogens is 206 g/mol. The molecule has 0 saturated carbocycles. The third-order valence-electron chi connectivity index (χ3n) is 2.93. The number of nitrogens with two attached hydrogens (primary N) is 1. The lowest BCUT2D eigenvalue weighted by Gasteiger charge is -2.23. The fraction of sp³-hybridized carbons (Fsp3) is 0.909. The number of nitrogens with zero attached hydrogens (tertiary/aromatic N) is 1. The van der Waals surface area contributed by atoms with Crippen LogP contribution in [0.15, 0.2) is 5.16 Å². The molecule has 0 fully saturated rings. The Kier molecular flexibility index (Phi) is 7.08. The first-order chi connectivity index (χ1) is 7.47. The van der Waals surface area contributed by atoms with E-state index in [0.717, 1.165) is 25.8 Å². The lowest BCUT2D eigenvalue weighted by molar-refractivity contribution is 0.237. The zero-order chi connectivity index (χ0) is 12.6. The van der Waals surface area contributed by atoms with Gasteiger partial charge in [-0.05, 0) is 25.8 Å². The molecule has 96 valence electrons. The van der Waals surface area contributed by atoms with E-state index in [4.69, 9.17) is 16.0 Å².